The number of aromatic nitrogens is 3. The maximum atomic E-state index is 16.8. The molecule has 0 saturated carbocycles. The SMILES string of the molecule is Fc1cc(N(c2ccc(-c3ccccc3)cc2)c2cccnc2)ccc1-c1ccc(-c2ccc(N(c3ccc(-c4ccccc4)cc3)c3cccnc3)cc2F)n1-c1ccccc1. The van der Waals surface area contributed by atoms with Gasteiger partial charge in [0.15, 0.2) is 0 Å². The summed E-state index contributed by atoms with van der Waals surface area (Å²) in [5, 5.41) is 0. The summed E-state index contributed by atoms with van der Waals surface area (Å²) < 4.78 is 35.6. The Hall–Kier alpha value is -8.42. The zero-order chi connectivity index (χ0) is 42.5. The molecular weight excluding hydrogens is 781 g/mol. The van der Waals surface area contributed by atoms with Crippen LogP contribution in [0.15, 0.2) is 237 Å². The summed E-state index contributed by atoms with van der Waals surface area (Å²) in [6.07, 6.45) is 6.97. The molecule has 0 spiro atoms. The summed E-state index contributed by atoms with van der Waals surface area (Å²) in [5.74, 6) is -0.851. The van der Waals surface area contributed by atoms with Gasteiger partial charge in [-0.3, -0.25) is 9.97 Å². The van der Waals surface area contributed by atoms with Crippen molar-refractivity contribution in [1.29, 1.82) is 0 Å². The fraction of sp³-hybridized carbons (Fsp3) is 0. The Labute approximate surface area is 365 Å². The zero-order valence-electron chi connectivity index (χ0n) is 34.0. The minimum atomic E-state index is -0.426. The van der Waals surface area contributed by atoms with Crippen molar-refractivity contribution in [2.24, 2.45) is 0 Å². The summed E-state index contributed by atoms with van der Waals surface area (Å²) in [4.78, 5) is 12.7. The second-order valence-corrected chi connectivity index (χ2v) is 15.0. The van der Waals surface area contributed by atoms with Crippen molar-refractivity contribution in [3.05, 3.63) is 249 Å². The van der Waals surface area contributed by atoms with Crippen LogP contribution in [-0.2, 0) is 0 Å². The molecule has 0 aliphatic carbocycles. The third-order valence-electron chi connectivity index (χ3n) is 11.1. The molecule has 63 heavy (non-hydrogen) atoms. The second-order valence-electron chi connectivity index (χ2n) is 15.0. The number of nitrogens with zero attached hydrogens (tertiary/aromatic N) is 5. The van der Waals surface area contributed by atoms with Crippen molar-refractivity contribution in [2.75, 3.05) is 9.80 Å². The Kier molecular flexibility index (Phi) is 10.6. The first-order valence-corrected chi connectivity index (χ1v) is 20.7. The van der Waals surface area contributed by atoms with Gasteiger partial charge in [-0.05, 0) is 131 Å². The van der Waals surface area contributed by atoms with Crippen LogP contribution in [0.2, 0.25) is 0 Å². The molecule has 0 saturated heterocycles. The molecule has 0 aliphatic heterocycles. The van der Waals surface area contributed by atoms with Gasteiger partial charge < -0.3 is 14.4 Å². The van der Waals surface area contributed by atoms with Crippen LogP contribution in [0.1, 0.15) is 0 Å². The molecule has 10 aromatic rings. The predicted octanol–water partition coefficient (Wildman–Crippen LogP) is 15.2. The van der Waals surface area contributed by atoms with Gasteiger partial charge in [-0.25, -0.2) is 8.78 Å². The lowest BCUT2D eigenvalue weighted by Gasteiger charge is -2.26. The summed E-state index contributed by atoms with van der Waals surface area (Å²) >= 11 is 0. The Bertz CT molecular complexity index is 2910. The van der Waals surface area contributed by atoms with Gasteiger partial charge in [0.05, 0.1) is 35.2 Å². The molecule has 7 heteroatoms. The predicted molar refractivity (Wildman–Crippen MR) is 252 cm³/mol. The topological polar surface area (TPSA) is 37.2 Å². The highest BCUT2D eigenvalue weighted by Crippen LogP contribution is 2.42. The van der Waals surface area contributed by atoms with Gasteiger partial charge >= 0.3 is 0 Å². The number of rotatable bonds is 11. The van der Waals surface area contributed by atoms with Crippen molar-refractivity contribution in [3.63, 3.8) is 0 Å². The number of hydrogen-bond donors (Lipinski definition) is 0. The zero-order valence-corrected chi connectivity index (χ0v) is 34.0. The van der Waals surface area contributed by atoms with Crippen molar-refractivity contribution in [2.45, 2.75) is 0 Å². The van der Waals surface area contributed by atoms with E-state index in [4.69, 9.17) is 0 Å². The standard InChI is InChI=1S/C56H39F2N5/c57-53-36-47(61(49-18-10-34-59-38-49)45-24-20-42(21-25-45)40-12-4-1-5-13-40)28-30-51(53)55-32-33-56(63(55)44-16-8-3-9-17-44)52-31-29-48(37-54(52)58)62(50-19-11-35-60-39-50)46-26-22-43(23-27-46)41-14-6-2-7-15-41/h1-39H. The van der Waals surface area contributed by atoms with Crippen LogP contribution in [-0.4, -0.2) is 14.5 Å². The number of anilines is 6. The van der Waals surface area contributed by atoms with Gasteiger partial charge in [-0.1, -0.05) is 103 Å². The lowest BCUT2D eigenvalue weighted by molar-refractivity contribution is 0.629. The van der Waals surface area contributed by atoms with Crippen LogP contribution in [0, 0.1) is 11.6 Å². The van der Waals surface area contributed by atoms with Gasteiger partial charge in [0.2, 0.25) is 0 Å². The average Bonchev–Trinajstić information content (AvgIpc) is 3.78. The summed E-state index contributed by atoms with van der Waals surface area (Å²) in [6, 6.07) is 68.3. The molecule has 0 atom stereocenters. The molecule has 0 aliphatic rings. The highest BCUT2D eigenvalue weighted by Gasteiger charge is 2.22. The molecule has 302 valence electrons. The average molecular weight is 820 g/mol. The van der Waals surface area contributed by atoms with E-state index >= 15 is 8.78 Å². The molecule has 3 aromatic heterocycles. The molecule has 5 nitrogen and oxygen atoms in total. The highest BCUT2D eigenvalue weighted by atomic mass is 19.1. The van der Waals surface area contributed by atoms with E-state index in [1.807, 2.05) is 154 Å². The smallest absolute Gasteiger partial charge is 0.134 e. The lowest BCUT2D eigenvalue weighted by atomic mass is 10.0. The van der Waals surface area contributed by atoms with Crippen molar-refractivity contribution < 1.29 is 8.78 Å². The van der Waals surface area contributed by atoms with Crippen molar-refractivity contribution in [3.8, 4) is 50.5 Å². The van der Waals surface area contributed by atoms with Crippen LogP contribution >= 0.6 is 0 Å². The van der Waals surface area contributed by atoms with Crippen LogP contribution < -0.4 is 9.80 Å². The molecule has 0 amide bonds. The fourth-order valence-corrected chi connectivity index (χ4v) is 8.15. The van der Waals surface area contributed by atoms with E-state index in [1.165, 1.54) is 0 Å². The molecule has 3 heterocycles. The van der Waals surface area contributed by atoms with E-state index < -0.39 is 11.6 Å². The third kappa shape index (κ3) is 7.87. The van der Waals surface area contributed by atoms with Crippen LogP contribution in [0.4, 0.5) is 42.9 Å². The van der Waals surface area contributed by atoms with Gasteiger partial charge in [0.25, 0.3) is 0 Å². The maximum absolute atomic E-state index is 16.8. The van der Waals surface area contributed by atoms with E-state index in [1.54, 1.807) is 49.1 Å². The number of para-hydroxylation sites is 1. The Morgan fingerprint density at radius 3 is 1.10 bits per heavy atom. The minimum Gasteiger partial charge on any atom is -0.309 e. The minimum absolute atomic E-state index is 0.373. The van der Waals surface area contributed by atoms with E-state index in [0.717, 1.165) is 50.7 Å². The Morgan fingerprint density at radius 2 is 0.714 bits per heavy atom. The first-order valence-electron chi connectivity index (χ1n) is 20.7. The molecule has 10 rings (SSSR count). The van der Waals surface area contributed by atoms with E-state index in [0.29, 0.717) is 33.9 Å². The number of pyridine rings is 2. The monoisotopic (exact) mass is 819 g/mol. The van der Waals surface area contributed by atoms with E-state index in [-0.39, 0.29) is 0 Å². The first-order chi connectivity index (χ1) is 31.1. The van der Waals surface area contributed by atoms with Crippen LogP contribution in [0.3, 0.4) is 0 Å². The third-order valence-corrected chi connectivity index (χ3v) is 11.1. The van der Waals surface area contributed by atoms with E-state index in [9.17, 15) is 0 Å². The molecule has 0 unspecified atom stereocenters. The van der Waals surface area contributed by atoms with Gasteiger partial charge in [-0.2, -0.15) is 0 Å². The first kappa shape index (κ1) is 38.8. The molecule has 0 radical (unpaired) electrons. The summed E-state index contributed by atoms with van der Waals surface area (Å²) in [7, 11) is 0. The maximum Gasteiger partial charge on any atom is 0.134 e. The number of benzene rings is 7. The largest absolute Gasteiger partial charge is 0.309 e. The molecule has 0 fully saturated rings. The van der Waals surface area contributed by atoms with Gasteiger partial charge in [-0.15, -0.1) is 0 Å². The summed E-state index contributed by atoms with van der Waals surface area (Å²) in [6.45, 7) is 0. The summed E-state index contributed by atoms with van der Waals surface area (Å²) in [5.41, 5.74) is 11.6. The van der Waals surface area contributed by atoms with E-state index in [2.05, 4.69) is 58.5 Å². The Balaban J connectivity index is 1.02. The van der Waals surface area contributed by atoms with Crippen molar-refractivity contribution >= 4 is 34.1 Å². The lowest BCUT2D eigenvalue weighted by Crippen LogP contribution is -2.11. The van der Waals surface area contributed by atoms with Gasteiger partial charge in [0.1, 0.15) is 11.6 Å². The second kappa shape index (κ2) is 17.3. The quantitative estimate of drug-likeness (QED) is 0.130. The normalized spacial score (nSPS) is 11.0. The van der Waals surface area contributed by atoms with Gasteiger partial charge in [0, 0.05) is 52.0 Å². The molecule has 7 aromatic carbocycles. The Morgan fingerprint density at radius 1 is 0.333 bits per heavy atom. The molecule has 0 N–H and O–H groups in total. The molecular formula is C56H39F2N5. The van der Waals surface area contributed by atoms with Crippen LogP contribution in [0.25, 0.3) is 50.5 Å². The van der Waals surface area contributed by atoms with Crippen molar-refractivity contribution in [1.82, 2.24) is 14.5 Å². The molecule has 0 bridgehead atoms. The number of halogens is 2. The van der Waals surface area contributed by atoms with Crippen LogP contribution in [0.5, 0.6) is 0 Å². The fourth-order valence-electron chi connectivity index (χ4n) is 8.15. The highest BCUT2D eigenvalue weighted by molar-refractivity contribution is 5.83. The number of hydrogen-bond acceptors (Lipinski definition) is 4.